The van der Waals surface area contributed by atoms with Gasteiger partial charge < -0.3 is 0 Å². The largest absolute Gasteiger partial charge is 0.172 e. The average molecular weight is 259 g/mol. The fourth-order valence-electron chi connectivity index (χ4n) is 2.23. The van der Waals surface area contributed by atoms with Crippen LogP contribution in [0.1, 0.15) is 81.6 Å². The van der Waals surface area contributed by atoms with Crippen molar-refractivity contribution in [2.45, 2.75) is 86.3 Å². The minimum absolute atomic E-state index is 0.0938. The van der Waals surface area contributed by atoms with Crippen molar-refractivity contribution >= 4 is 12.6 Å². The number of thiol groups is 1. The summed E-state index contributed by atoms with van der Waals surface area (Å²) in [7, 11) is 0. The Hall–Kier alpha value is 0.350. The van der Waals surface area contributed by atoms with E-state index in [9.17, 15) is 0 Å². The van der Waals surface area contributed by atoms with Crippen LogP contribution in [0.15, 0.2) is 0 Å². The zero-order valence-electron chi connectivity index (χ0n) is 13.6. The van der Waals surface area contributed by atoms with Crippen molar-refractivity contribution in [2.24, 2.45) is 16.2 Å². The van der Waals surface area contributed by atoms with E-state index in [1.807, 2.05) is 0 Å². The standard InChI is InChI=1S/C16H34S/c1-13(2,3)10-11-15(7,8)16(9,17)12-14(4,5)6/h17H,10-12H2,1-9H3. The Labute approximate surface area is 115 Å². The van der Waals surface area contributed by atoms with Crippen LogP contribution >= 0.6 is 12.6 Å². The lowest BCUT2D eigenvalue weighted by Gasteiger charge is -2.45. The molecule has 1 heteroatoms. The fraction of sp³-hybridized carbons (Fsp3) is 1.00. The Balaban J connectivity index is 4.67. The molecule has 0 aromatic carbocycles. The minimum Gasteiger partial charge on any atom is -0.172 e. The van der Waals surface area contributed by atoms with Gasteiger partial charge >= 0.3 is 0 Å². The van der Waals surface area contributed by atoms with Crippen molar-refractivity contribution in [1.29, 1.82) is 0 Å². The highest BCUT2D eigenvalue weighted by Gasteiger charge is 2.40. The zero-order chi connectivity index (χ0) is 14.1. The molecule has 0 amide bonds. The number of hydrogen-bond acceptors (Lipinski definition) is 1. The summed E-state index contributed by atoms with van der Waals surface area (Å²) in [5.74, 6) is 0. The molecule has 0 N–H and O–H groups in total. The van der Waals surface area contributed by atoms with Crippen LogP contribution in [0.2, 0.25) is 0 Å². The second-order valence-corrected chi connectivity index (χ2v) is 9.94. The van der Waals surface area contributed by atoms with Gasteiger partial charge in [0.15, 0.2) is 0 Å². The van der Waals surface area contributed by atoms with E-state index in [4.69, 9.17) is 12.6 Å². The van der Waals surface area contributed by atoms with Gasteiger partial charge in [-0.1, -0.05) is 62.3 Å². The molecule has 0 aromatic heterocycles. The predicted octanol–water partition coefficient (Wildman–Crippen LogP) is 5.96. The molecule has 0 aliphatic carbocycles. The lowest BCUT2D eigenvalue weighted by Crippen LogP contribution is -2.40. The lowest BCUT2D eigenvalue weighted by molar-refractivity contribution is 0.161. The molecule has 1 unspecified atom stereocenters. The molecule has 0 aromatic rings. The molecule has 0 spiro atoms. The first kappa shape index (κ1) is 17.4. The normalized spacial score (nSPS) is 18.0. The second-order valence-electron chi connectivity index (χ2n) is 8.96. The quantitative estimate of drug-likeness (QED) is 0.591. The molecule has 0 saturated carbocycles. The third kappa shape index (κ3) is 6.74. The van der Waals surface area contributed by atoms with E-state index < -0.39 is 0 Å². The summed E-state index contributed by atoms with van der Waals surface area (Å²) in [6, 6.07) is 0. The maximum atomic E-state index is 4.99. The van der Waals surface area contributed by atoms with Crippen LogP contribution in [0.4, 0.5) is 0 Å². The molecule has 0 fully saturated rings. The maximum Gasteiger partial charge on any atom is 0.0157 e. The first-order valence-corrected chi connectivity index (χ1v) is 7.34. The molecule has 0 radical (unpaired) electrons. The van der Waals surface area contributed by atoms with Gasteiger partial charge in [0.25, 0.3) is 0 Å². The molecule has 104 valence electrons. The average Bonchev–Trinajstić information content (AvgIpc) is 1.94. The van der Waals surface area contributed by atoms with Gasteiger partial charge in [0.1, 0.15) is 0 Å². The molecule has 0 saturated heterocycles. The summed E-state index contributed by atoms with van der Waals surface area (Å²) in [6.07, 6.45) is 3.66. The number of rotatable bonds is 4. The fourth-order valence-corrected chi connectivity index (χ4v) is 2.81. The molecule has 0 aliphatic rings. The van der Waals surface area contributed by atoms with Gasteiger partial charge in [0, 0.05) is 4.75 Å². The summed E-state index contributed by atoms with van der Waals surface area (Å²) in [6.45, 7) is 20.9. The van der Waals surface area contributed by atoms with Crippen LogP contribution in [-0.2, 0) is 0 Å². The molecule has 0 aliphatic heterocycles. The number of hydrogen-bond donors (Lipinski definition) is 1. The zero-order valence-corrected chi connectivity index (χ0v) is 14.5. The molecule has 0 nitrogen and oxygen atoms in total. The maximum absolute atomic E-state index is 4.99. The highest BCUT2D eigenvalue weighted by atomic mass is 32.1. The summed E-state index contributed by atoms with van der Waals surface area (Å²) in [5.41, 5.74) is 1.04. The first-order valence-electron chi connectivity index (χ1n) is 6.89. The molecule has 1 atom stereocenters. The van der Waals surface area contributed by atoms with Gasteiger partial charge in [0.2, 0.25) is 0 Å². The SMILES string of the molecule is CC(C)(C)CCC(C)(C)C(C)(S)CC(C)(C)C. The van der Waals surface area contributed by atoms with E-state index in [1.54, 1.807) is 0 Å². The van der Waals surface area contributed by atoms with E-state index in [2.05, 4.69) is 62.3 Å². The van der Waals surface area contributed by atoms with E-state index in [1.165, 1.54) is 12.8 Å². The van der Waals surface area contributed by atoms with Gasteiger partial charge in [-0.15, -0.1) is 0 Å². The van der Waals surface area contributed by atoms with Crippen LogP contribution in [0, 0.1) is 16.2 Å². The molecular weight excluding hydrogens is 224 g/mol. The highest BCUT2D eigenvalue weighted by molar-refractivity contribution is 7.81. The van der Waals surface area contributed by atoms with E-state index >= 15 is 0 Å². The highest BCUT2D eigenvalue weighted by Crippen LogP contribution is 2.47. The first-order chi connectivity index (χ1) is 7.16. The smallest absolute Gasteiger partial charge is 0.0157 e. The lowest BCUT2D eigenvalue weighted by atomic mass is 9.67. The molecule has 17 heavy (non-hydrogen) atoms. The van der Waals surface area contributed by atoms with Gasteiger partial charge in [0.05, 0.1) is 0 Å². The van der Waals surface area contributed by atoms with E-state index in [-0.39, 0.29) is 10.2 Å². The van der Waals surface area contributed by atoms with Crippen LogP contribution in [-0.4, -0.2) is 4.75 Å². The van der Waals surface area contributed by atoms with Gasteiger partial charge in [-0.05, 0) is 35.5 Å². The molecular formula is C16H34S. The Morgan fingerprint density at radius 1 is 0.647 bits per heavy atom. The van der Waals surface area contributed by atoms with Gasteiger partial charge in [-0.2, -0.15) is 12.6 Å². The third-order valence-corrected chi connectivity index (χ3v) is 4.60. The summed E-state index contributed by atoms with van der Waals surface area (Å²) >= 11 is 4.99. The Morgan fingerprint density at radius 2 is 1.06 bits per heavy atom. The van der Waals surface area contributed by atoms with Crippen LogP contribution in [0.5, 0.6) is 0 Å². The van der Waals surface area contributed by atoms with E-state index in [0.717, 1.165) is 6.42 Å². The van der Waals surface area contributed by atoms with Gasteiger partial charge in [-0.25, -0.2) is 0 Å². The van der Waals surface area contributed by atoms with Crippen molar-refractivity contribution in [3.63, 3.8) is 0 Å². The minimum atomic E-state index is 0.0938. The monoisotopic (exact) mass is 258 g/mol. The van der Waals surface area contributed by atoms with Crippen molar-refractivity contribution in [3.8, 4) is 0 Å². The summed E-state index contributed by atoms with van der Waals surface area (Å²) < 4.78 is 0.0938. The summed E-state index contributed by atoms with van der Waals surface area (Å²) in [5, 5.41) is 0. The summed E-state index contributed by atoms with van der Waals surface area (Å²) in [4.78, 5) is 0. The Morgan fingerprint density at radius 3 is 1.35 bits per heavy atom. The Kier molecular flexibility index (Phi) is 5.26. The molecule has 0 rings (SSSR count). The molecule has 0 heterocycles. The molecule has 0 bridgehead atoms. The van der Waals surface area contributed by atoms with Crippen molar-refractivity contribution < 1.29 is 0 Å². The van der Waals surface area contributed by atoms with Crippen LogP contribution in [0.3, 0.4) is 0 Å². The topological polar surface area (TPSA) is 0 Å². The van der Waals surface area contributed by atoms with Crippen molar-refractivity contribution in [1.82, 2.24) is 0 Å². The van der Waals surface area contributed by atoms with Crippen molar-refractivity contribution in [3.05, 3.63) is 0 Å². The predicted molar refractivity (Wildman–Crippen MR) is 83.9 cm³/mol. The Bertz CT molecular complexity index is 235. The third-order valence-electron chi connectivity index (χ3n) is 3.83. The van der Waals surface area contributed by atoms with E-state index in [0.29, 0.717) is 10.8 Å². The van der Waals surface area contributed by atoms with Gasteiger partial charge in [-0.3, -0.25) is 0 Å². The second kappa shape index (κ2) is 5.15. The van der Waals surface area contributed by atoms with Crippen LogP contribution < -0.4 is 0 Å². The van der Waals surface area contributed by atoms with Crippen LogP contribution in [0.25, 0.3) is 0 Å². The van der Waals surface area contributed by atoms with Crippen molar-refractivity contribution in [2.75, 3.05) is 0 Å².